The van der Waals surface area contributed by atoms with E-state index in [4.69, 9.17) is 4.74 Å². The number of para-hydroxylation sites is 2. The van der Waals surface area contributed by atoms with Gasteiger partial charge in [-0.3, -0.25) is 9.59 Å². The number of fused-ring (bicyclic) bond motifs is 1. The molecule has 1 heterocycles. The Morgan fingerprint density at radius 3 is 2.74 bits per heavy atom. The second-order valence-corrected chi connectivity index (χ2v) is 6.12. The predicted molar refractivity (Wildman–Crippen MR) is 91.7 cm³/mol. The number of halogens is 1. The molecule has 0 radical (unpaired) electrons. The Hall–Kier alpha value is -2.34. The fourth-order valence-corrected chi connectivity index (χ4v) is 2.86. The van der Waals surface area contributed by atoms with Crippen molar-refractivity contribution in [2.45, 2.75) is 13.0 Å². The Kier molecular flexibility index (Phi) is 4.34. The van der Waals surface area contributed by atoms with Crippen LogP contribution in [0.2, 0.25) is 0 Å². The van der Waals surface area contributed by atoms with Gasteiger partial charge in [0.2, 0.25) is 5.91 Å². The first kappa shape index (κ1) is 15.6. The first-order valence-corrected chi connectivity index (χ1v) is 7.94. The van der Waals surface area contributed by atoms with Gasteiger partial charge >= 0.3 is 0 Å². The average molecular weight is 375 g/mol. The van der Waals surface area contributed by atoms with Crippen molar-refractivity contribution in [2.24, 2.45) is 0 Å². The van der Waals surface area contributed by atoms with Gasteiger partial charge in [0, 0.05) is 17.1 Å². The highest BCUT2D eigenvalue weighted by molar-refractivity contribution is 9.10. The molecule has 2 aromatic carbocycles. The zero-order valence-corrected chi connectivity index (χ0v) is 14.0. The van der Waals surface area contributed by atoms with Crippen molar-refractivity contribution in [1.82, 2.24) is 0 Å². The lowest BCUT2D eigenvalue weighted by Gasteiger charge is -2.33. The summed E-state index contributed by atoms with van der Waals surface area (Å²) in [6.45, 7) is 1.66. The van der Waals surface area contributed by atoms with E-state index >= 15 is 0 Å². The summed E-state index contributed by atoms with van der Waals surface area (Å²) in [6, 6.07) is 14.5. The van der Waals surface area contributed by atoms with Crippen LogP contribution in [0, 0.1) is 0 Å². The largest absolute Gasteiger partial charge is 0.476 e. The number of carbonyl (C=O) groups is 2. The molecule has 0 aromatic heterocycles. The molecule has 0 fully saturated rings. The minimum absolute atomic E-state index is 0.124. The average Bonchev–Trinajstić information content (AvgIpc) is 2.53. The number of rotatable bonds is 2. The number of nitrogens with one attached hydrogen (secondary N) is 1. The van der Waals surface area contributed by atoms with E-state index in [1.165, 1.54) is 6.92 Å². The van der Waals surface area contributed by atoms with Crippen LogP contribution in [0.15, 0.2) is 53.0 Å². The van der Waals surface area contributed by atoms with Gasteiger partial charge in [-0.1, -0.05) is 34.1 Å². The molecular formula is C17H15BrN2O3. The number of anilines is 2. The lowest BCUT2D eigenvalue weighted by molar-refractivity contribution is -0.123. The molecule has 1 aliphatic heterocycles. The fraction of sp³-hybridized carbons (Fsp3) is 0.176. The molecule has 2 aromatic rings. The highest BCUT2D eigenvalue weighted by atomic mass is 79.9. The van der Waals surface area contributed by atoms with Crippen molar-refractivity contribution >= 4 is 39.1 Å². The first-order valence-electron chi connectivity index (χ1n) is 7.15. The monoisotopic (exact) mass is 374 g/mol. The number of nitrogens with zero attached hydrogens (tertiary/aromatic N) is 1. The quantitative estimate of drug-likeness (QED) is 0.877. The molecule has 6 heteroatoms. The number of hydrogen-bond donors (Lipinski definition) is 1. The van der Waals surface area contributed by atoms with Gasteiger partial charge in [-0.15, -0.1) is 0 Å². The minimum Gasteiger partial charge on any atom is -0.476 e. The third-order valence-electron chi connectivity index (χ3n) is 3.54. The molecule has 2 amide bonds. The molecule has 0 spiro atoms. The summed E-state index contributed by atoms with van der Waals surface area (Å²) < 4.78 is 6.63. The molecular weight excluding hydrogens is 360 g/mol. The Morgan fingerprint density at radius 2 is 2.00 bits per heavy atom. The molecule has 5 nitrogen and oxygen atoms in total. The molecule has 0 bridgehead atoms. The van der Waals surface area contributed by atoms with Crippen molar-refractivity contribution in [3.05, 3.63) is 53.0 Å². The van der Waals surface area contributed by atoms with Gasteiger partial charge in [-0.25, -0.2) is 0 Å². The van der Waals surface area contributed by atoms with E-state index in [2.05, 4.69) is 21.2 Å². The maximum atomic E-state index is 12.5. The van der Waals surface area contributed by atoms with Crippen LogP contribution in [-0.4, -0.2) is 24.5 Å². The van der Waals surface area contributed by atoms with E-state index in [1.807, 2.05) is 24.3 Å². The molecule has 1 aliphatic rings. The lowest BCUT2D eigenvalue weighted by atomic mass is 10.1. The summed E-state index contributed by atoms with van der Waals surface area (Å²) >= 11 is 3.36. The number of carbonyl (C=O) groups excluding carboxylic acids is 2. The van der Waals surface area contributed by atoms with Crippen molar-refractivity contribution in [3.63, 3.8) is 0 Å². The summed E-state index contributed by atoms with van der Waals surface area (Å²) in [6.07, 6.45) is -0.757. The number of benzene rings is 2. The molecule has 3 rings (SSSR count). The summed E-state index contributed by atoms with van der Waals surface area (Å²) in [5.74, 6) is 0.119. The van der Waals surface area contributed by atoms with Crippen LogP contribution in [0.4, 0.5) is 11.4 Å². The van der Waals surface area contributed by atoms with Crippen LogP contribution in [0.1, 0.15) is 6.92 Å². The summed E-state index contributed by atoms with van der Waals surface area (Å²) in [5, 5.41) is 2.81. The maximum Gasteiger partial charge on any atom is 0.267 e. The van der Waals surface area contributed by atoms with Crippen molar-refractivity contribution in [3.8, 4) is 5.75 Å². The van der Waals surface area contributed by atoms with Gasteiger partial charge in [-0.05, 0) is 30.3 Å². The summed E-state index contributed by atoms with van der Waals surface area (Å²) in [4.78, 5) is 25.9. The number of amides is 2. The Labute approximate surface area is 142 Å². The number of ether oxygens (including phenoxy) is 1. The third kappa shape index (κ3) is 3.37. The van der Waals surface area contributed by atoms with E-state index in [1.54, 1.807) is 29.2 Å². The third-order valence-corrected chi connectivity index (χ3v) is 4.03. The van der Waals surface area contributed by atoms with Crippen molar-refractivity contribution < 1.29 is 14.3 Å². The summed E-state index contributed by atoms with van der Waals surface area (Å²) in [5.41, 5.74) is 1.35. The van der Waals surface area contributed by atoms with Crippen LogP contribution in [-0.2, 0) is 9.59 Å². The molecule has 0 aliphatic carbocycles. The van der Waals surface area contributed by atoms with Gasteiger partial charge in [-0.2, -0.15) is 0 Å². The van der Waals surface area contributed by atoms with E-state index < -0.39 is 6.10 Å². The lowest BCUT2D eigenvalue weighted by Crippen LogP contribution is -2.48. The second-order valence-electron chi connectivity index (χ2n) is 5.20. The zero-order chi connectivity index (χ0) is 16.4. The van der Waals surface area contributed by atoms with Crippen LogP contribution < -0.4 is 15.0 Å². The van der Waals surface area contributed by atoms with Gasteiger partial charge in [0.05, 0.1) is 12.2 Å². The minimum atomic E-state index is -0.757. The Balaban J connectivity index is 1.81. The molecule has 0 saturated carbocycles. The summed E-state index contributed by atoms with van der Waals surface area (Å²) in [7, 11) is 0. The van der Waals surface area contributed by atoms with Gasteiger partial charge in [0.25, 0.3) is 5.91 Å². The van der Waals surface area contributed by atoms with E-state index in [0.717, 1.165) is 4.47 Å². The highest BCUT2D eigenvalue weighted by Crippen LogP contribution is 2.33. The SMILES string of the molecule is CC(=O)N1CC(C(=O)Nc2cccc(Br)c2)Oc2ccccc21. The molecule has 1 atom stereocenters. The van der Waals surface area contributed by atoms with Gasteiger partial charge < -0.3 is 15.0 Å². The van der Waals surface area contributed by atoms with Gasteiger partial charge in [0.15, 0.2) is 6.10 Å². The predicted octanol–water partition coefficient (Wildman–Crippen LogP) is 3.20. The molecule has 1 unspecified atom stereocenters. The first-order chi connectivity index (χ1) is 11.0. The topological polar surface area (TPSA) is 58.6 Å². The van der Waals surface area contributed by atoms with Crippen LogP contribution in [0.3, 0.4) is 0 Å². The number of hydrogen-bond acceptors (Lipinski definition) is 3. The van der Waals surface area contributed by atoms with Crippen LogP contribution in [0.5, 0.6) is 5.75 Å². The van der Waals surface area contributed by atoms with E-state index in [-0.39, 0.29) is 18.4 Å². The van der Waals surface area contributed by atoms with Crippen LogP contribution >= 0.6 is 15.9 Å². The maximum absolute atomic E-state index is 12.5. The van der Waals surface area contributed by atoms with Gasteiger partial charge in [0.1, 0.15) is 5.75 Å². The molecule has 0 saturated heterocycles. The van der Waals surface area contributed by atoms with Crippen molar-refractivity contribution in [2.75, 3.05) is 16.8 Å². The van der Waals surface area contributed by atoms with Crippen molar-refractivity contribution in [1.29, 1.82) is 0 Å². The fourth-order valence-electron chi connectivity index (χ4n) is 2.46. The Morgan fingerprint density at radius 1 is 1.22 bits per heavy atom. The molecule has 23 heavy (non-hydrogen) atoms. The van der Waals surface area contributed by atoms with E-state index in [9.17, 15) is 9.59 Å². The zero-order valence-electron chi connectivity index (χ0n) is 12.5. The van der Waals surface area contributed by atoms with Crippen LogP contribution in [0.25, 0.3) is 0 Å². The normalized spacial score (nSPS) is 16.3. The molecule has 1 N–H and O–H groups in total. The second kappa shape index (κ2) is 6.42. The highest BCUT2D eigenvalue weighted by Gasteiger charge is 2.32. The molecule has 118 valence electrons. The Bertz CT molecular complexity index is 763. The smallest absolute Gasteiger partial charge is 0.267 e. The van der Waals surface area contributed by atoms with E-state index in [0.29, 0.717) is 17.1 Å². The standard InChI is InChI=1S/C17H15BrN2O3/c1-11(21)20-10-16(23-15-8-3-2-7-14(15)20)17(22)19-13-6-4-5-12(18)9-13/h2-9,16H,10H2,1H3,(H,19,22).